The zero-order valence-electron chi connectivity index (χ0n) is 11.1. The van der Waals surface area contributed by atoms with Crippen molar-refractivity contribution in [1.29, 1.82) is 0 Å². The molecule has 0 aliphatic rings. The van der Waals surface area contributed by atoms with Crippen molar-refractivity contribution < 1.29 is 19.2 Å². The van der Waals surface area contributed by atoms with Crippen LogP contribution < -0.4 is 10.6 Å². The Labute approximate surface area is 124 Å². The highest BCUT2D eigenvalue weighted by molar-refractivity contribution is 6.32. The number of ether oxygens (including phenoxy) is 1. The van der Waals surface area contributed by atoms with E-state index in [1.54, 1.807) is 0 Å². The predicted molar refractivity (Wildman–Crippen MR) is 73.1 cm³/mol. The van der Waals surface area contributed by atoms with Gasteiger partial charge in [-0.1, -0.05) is 11.6 Å². The SMILES string of the molecule is COCCNC(=O)CNC(=O)c1ccnc(Cl)c1[N+](=O)[O-]. The van der Waals surface area contributed by atoms with Crippen LogP contribution in [0.4, 0.5) is 5.69 Å². The van der Waals surface area contributed by atoms with E-state index in [4.69, 9.17) is 16.3 Å². The van der Waals surface area contributed by atoms with Gasteiger partial charge in [-0.25, -0.2) is 4.98 Å². The lowest BCUT2D eigenvalue weighted by atomic mass is 10.2. The molecule has 114 valence electrons. The van der Waals surface area contributed by atoms with Crippen LogP contribution in [0.5, 0.6) is 0 Å². The summed E-state index contributed by atoms with van der Waals surface area (Å²) in [6, 6.07) is 1.15. The maximum atomic E-state index is 11.8. The van der Waals surface area contributed by atoms with Crippen molar-refractivity contribution in [2.75, 3.05) is 26.8 Å². The number of rotatable bonds is 7. The Bertz CT molecular complexity index is 551. The molecule has 1 aromatic rings. The number of carbonyl (C=O) groups is 2. The maximum absolute atomic E-state index is 11.8. The number of nitrogens with zero attached hydrogens (tertiary/aromatic N) is 2. The number of halogens is 1. The summed E-state index contributed by atoms with van der Waals surface area (Å²) in [7, 11) is 1.49. The summed E-state index contributed by atoms with van der Waals surface area (Å²) in [4.78, 5) is 36.8. The lowest BCUT2D eigenvalue weighted by Gasteiger charge is -2.07. The van der Waals surface area contributed by atoms with Gasteiger partial charge < -0.3 is 15.4 Å². The molecular formula is C11H13ClN4O5. The van der Waals surface area contributed by atoms with Crippen LogP contribution >= 0.6 is 11.6 Å². The molecule has 2 amide bonds. The second-order valence-electron chi connectivity index (χ2n) is 3.78. The minimum Gasteiger partial charge on any atom is -0.383 e. The average molecular weight is 317 g/mol. The molecule has 0 spiro atoms. The molecule has 0 unspecified atom stereocenters. The summed E-state index contributed by atoms with van der Waals surface area (Å²) in [5, 5.41) is 15.2. The van der Waals surface area contributed by atoms with Crippen molar-refractivity contribution in [2.24, 2.45) is 0 Å². The van der Waals surface area contributed by atoms with Crippen LogP contribution in [0.25, 0.3) is 0 Å². The molecule has 0 saturated heterocycles. The number of hydrogen-bond acceptors (Lipinski definition) is 6. The highest BCUT2D eigenvalue weighted by atomic mass is 35.5. The van der Waals surface area contributed by atoms with Gasteiger partial charge in [0.25, 0.3) is 5.91 Å². The first-order valence-electron chi connectivity index (χ1n) is 5.80. The quantitative estimate of drug-likeness (QED) is 0.319. The maximum Gasteiger partial charge on any atom is 0.319 e. The Morgan fingerprint density at radius 2 is 2.19 bits per heavy atom. The number of nitrogens with one attached hydrogen (secondary N) is 2. The zero-order valence-corrected chi connectivity index (χ0v) is 11.8. The number of nitro groups is 1. The van der Waals surface area contributed by atoms with Gasteiger partial charge >= 0.3 is 5.69 Å². The van der Waals surface area contributed by atoms with Crippen molar-refractivity contribution >= 4 is 29.1 Å². The molecule has 0 radical (unpaired) electrons. The van der Waals surface area contributed by atoms with E-state index in [2.05, 4.69) is 15.6 Å². The molecule has 10 heteroatoms. The minimum atomic E-state index is -0.803. The zero-order chi connectivity index (χ0) is 15.8. The van der Waals surface area contributed by atoms with Crippen LogP contribution in [-0.2, 0) is 9.53 Å². The van der Waals surface area contributed by atoms with Gasteiger partial charge in [0.2, 0.25) is 11.1 Å². The van der Waals surface area contributed by atoms with E-state index in [9.17, 15) is 19.7 Å². The Morgan fingerprint density at radius 3 is 2.81 bits per heavy atom. The molecule has 0 fully saturated rings. The third-order valence-corrected chi connectivity index (χ3v) is 2.62. The van der Waals surface area contributed by atoms with Gasteiger partial charge in [0, 0.05) is 19.9 Å². The van der Waals surface area contributed by atoms with Crippen LogP contribution in [0.15, 0.2) is 12.3 Å². The van der Waals surface area contributed by atoms with Crippen LogP contribution in [0.3, 0.4) is 0 Å². The number of amides is 2. The predicted octanol–water partition coefficient (Wildman–Crippen LogP) is 0.136. The van der Waals surface area contributed by atoms with Crippen molar-refractivity contribution in [3.8, 4) is 0 Å². The van der Waals surface area contributed by atoms with Gasteiger partial charge in [0.1, 0.15) is 5.56 Å². The first kappa shape index (κ1) is 16.8. The van der Waals surface area contributed by atoms with Gasteiger partial charge in [-0.05, 0) is 6.07 Å². The van der Waals surface area contributed by atoms with Crippen LogP contribution in [0, 0.1) is 10.1 Å². The fourth-order valence-corrected chi connectivity index (χ4v) is 1.62. The van der Waals surface area contributed by atoms with Gasteiger partial charge in [0.05, 0.1) is 18.1 Å². The van der Waals surface area contributed by atoms with Crippen LogP contribution in [-0.4, -0.2) is 48.5 Å². The summed E-state index contributed by atoms with van der Waals surface area (Å²) in [5.41, 5.74) is -0.860. The van der Waals surface area contributed by atoms with E-state index in [1.807, 2.05) is 0 Å². The third kappa shape index (κ3) is 4.97. The first-order chi connectivity index (χ1) is 9.97. The summed E-state index contributed by atoms with van der Waals surface area (Å²) in [6.07, 6.45) is 1.17. The van der Waals surface area contributed by atoms with Gasteiger partial charge in [-0.2, -0.15) is 0 Å². The number of carbonyl (C=O) groups excluding carboxylic acids is 2. The fourth-order valence-electron chi connectivity index (χ4n) is 1.40. The fraction of sp³-hybridized carbons (Fsp3) is 0.364. The topological polar surface area (TPSA) is 123 Å². The molecule has 0 aliphatic carbocycles. The molecule has 0 aromatic carbocycles. The second kappa shape index (κ2) is 8.12. The summed E-state index contributed by atoms with van der Waals surface area (Å²) < 4.78 is 4.74. The van der Waals surface area contributed by atoms with E-state index < -0.39 is 27.6 Å². The van der Waals surface area contributed by atoms with E-state index >= 15 is 0 Å². The summed E-state index contributed by atoms with van der Waals surface area (Å²) in [5.74, 6) is -1.23. The molecular weight excluding hydrogens is 304 g/mol. The number of methoxy groups -OCH3 is 1. The van der Waals surface area contributed by atoms with E-state index in [0.717, 1.165) is 6.07 Å². The molecule has 2 N–H and O–H groups in total. The molecule has 1 aromatic heterocycles. The van der Waals surface area contributed by atoms with Crippen molar-refractivity contribution in [1.82, 2.24) is 15.6 Å². The molecule has 9 nitrogen and oxygen atoms in total. The Morgan fingerprint density at radius 1 is 1.48 bits per heavy atom. The van der Waals surface area contributed by atoms with E-state index in [1.165, 1.54) is 13.3 Å². The van der Waals surface area contributed by atoms with Crippen LogP contribution in [0.1, 0.15) is 10.4 Å². The highest BCUT2D eigenvalue weighted by Gasteiger charge is 2.24. The first-order valence-corrected chi connectivity index (χ1v) is 6.18. The van der Waals surface area contributed by atoms with Crippen LogP contribution in [0.2, 0.25) is 5.15 Å². The van der Waals surface area contributed by atoms with Gasteiger partial charge in [-0.15, -0.1) is 0 Å². The molecule has 1 rings (SSSR count). The smallest absolute Gasteiger partial charge is 0.319 e. The molecule has 0 aliphatic heterocycles. The summed E-state index contributed by atoms with van der Waals surface area (Å²) in [6.45, 7) is 0.317. The average Bonchev–Trinajstić information content (AvgIpc) is 2.44. The second-order valence-corrected chi connectivity index (χ2v) is 4.14. The third-order valence-electron chi connectivity index (χ3n) is 2.34. The largest absolute Gasteiger partial charge is 0.383 e. The van der Waals surface area contributed by atoms with Crippen molar-refractivity contribution in [3.63, 3.8) is 0 Å². The molecule has 1 heterocycles. The van der Waals surface area contributed by atoms with E-state index in [-0.39, 0.29) is 12.1 Å². The number of aromatic nitrogens is 1. The lowest BCUT2D eigenvalue weighted by molar-refractivity contribution is -0.385. The van der Waals surface area contributed by atoms with Gasteiger partial charge in [0.15, 0.2) is 0 Å². The Kier molecular flexibility index (Phi) is 6.50. The molecule has 0 saturated carbocycles. The molecule has 0 bridgehead atoms. The monoisotopic (exact) mass is 316 g/mol. The Balaban J connectivity index is 2.67. The van der Waals surface area contributed by atoms with E-state index in [0.29, 0.717) is 13.2 Å². The molecule has 21 heavy (non-hydrogen) atoms. The minimum absolute atomic E-state index is 0.260. The highest BCUT2D eigenvalue weighted by Crippen LogP contribution is 2.25. The Hall–Kier alpha value is -2.26. The molecule has 0 atom stereocenters. The number of pyridine rings is 1. The normalized spacial score (nSPS) is 10.0. The number of hydrogen-bond donors (Lipinski definition) is 2. The standard InChI is InChI=1S/C11H13ClN4O5/c1-21-5-4-13-8(17)6-15-11(18)7-2-3-14-10(12)9(7)16(19)20/h2-3H,4-6H2,1H3,(H,13,17)(H,15,18). The van der Waals surface area contributed by atoms with Crippen molar-refractivity contribution in [2.45, 2.75) is 0 Å². The summed E-state index contributed by atoms with van der Waals surface area (Å²) >= 11 is 5.59. The lowest BCUT2D eigenvalue weighted by Crippen LogP contribution is -2.38. The van der Waals surface area contributed by atoms with Crippen molar-refractivity contribution in [3.05, 3.63) is 33.1 Å². The van der Waals surface area contributed by atoms with Gasteiger partial charge in [-0.3, -0.25) is 19.7 Å².